The zero-order chi connectivity index (χ0) is 9.97. The van der Waals surface area contributed by atoms with E-state index in [1.807, 2.05) is 6.20 Å². The largest absolute Gasteiger partial charge is 0.261 e. The van der Waals surface area contributed by atoms with E-state index in [0.29, 0.717) is 5.92 Å². The predicted molar refractivity (Wildman–Crippen MR) is 60.6 cm³/mol. The molecule has 1 aromatic rings. The second kappa shape index (κ2) is 3.79. The molecule has 1 atom stereocenters. The van der Waals surface area contributed by atoms with Gasteiger partial charge in [0, 0.05) is 11.9 Å². The lowest BCUT2D eigenvalue weighted by Gasteiger charge is -2.13. The van der Waals surface area contributed by atoms with Crippen molar-refractivity contribution < 1.29 is 0 Å². The SMILES string of the molecule is Cc1cccc(C2=NC=CC(C)C2)c1. The van der Waals surface area contributed by atoms with Crippen LogP contribution in [0.2, 0.25) is 0 Å². The van der Waals surface area contributed by atoms with Crippen molar-refractivity contribution in [1.82, 2.24) is 0 Å². The maximum atomic E-state index is 4.43. The van der Waals surface area contributed by atoms with Gasteiger partial charge in [-0.25, -0.2) is 0 Å². The highest BCUT2D eigenvalue weighted by molar-refractivity contribution is 6.01. The van der Waals surface area contributed by atoms with Gasteiger partial charge >= 0.3 is 0 Å². The second-order valence-electron chi connectivity index (χ2n) is 3.97. The molecule has 1 heteroatoms. The van der Waals surface area contributed by atoms with Gasteiger partial charge in [-0.15, -0.1) is 0 Å². The third-order valence-corrected chi connectivity index (χ3v) is 2.51. The van der Waals surface area contributed by atoms with Crippen LogP contribution in [0.15, 0.2) is 41.5 Å². The second-order valence-corrected chi connectivity index (χ2v) is 3.97. The molecule has 0 N–H and O–H groups in total. The first-order valence-electron chi connectivity index (χ1n) is 5.06. The fraction of sp³-hybridized carbons (Fsp3) is 0.308. The molecule has 1 aliphatic heterocycles. The van der Waals surface area contributed by atoms with Gasteiger partial charge in [0.1, 0.15) is 0 Å². The lowest BCUT2D eigenvalue weighted by molar-refractivity contribution is 0.756. The van der Waals surface area contributed by atoms with Gasteiger partial charge in [-0.3, -0.25) is 4.99 Å². The van der Waals surface area contributed by atoms with E-state index in [0.717, 1.165) is 6.42 Å². The number of rotatable bonds is 1. The third kappa shape index (κ3) is 1.92. The van der Waals surface area contributed by atoms with E-state index < -0.39 is 0 Å². The summed E-state index contributed by atoms with van der Waals surface area (Å²) in [6.07, 6.45) is 5.13. The summed E-state index contributed by atoms with van der Waals surface area (Å²) in [7, 11) is 0. The van der Waals surface area contributed by atoms with E-state index in [2.05, 4.69) is 49.2 Å². The van der Waals surface area contributed by atoms with Gasteiger partial charge in [-0.1, -0.05) is 42.8 Å². The smallest absolute Gasteiger partial charge is 0.0481 e. The molecule has 1 aromatic carbocycles. The summed E-state index contributed by atoms with van der Waals surface area (Å²) in [6.45, 7) is 4.34. The van der Waals surface area contributed by atoms with Gasteiger partial charge in [0.15, 0.2) is 0 Å². The van der Waals surface area contributed by atoms with E-state index in [9.17, 15) is 0 Å². The minimum atomic E-state index is 0.614. The Morgan fingerprint density at radius 3 is 2.93 bits per heavy atom. The molecule has 2 rings (SSSR count). The molecule has 0 radical (unpaired) electrons. The molecule has 1 heterocycles. The van der Waals surface area contributed by atoms with E-state index in [4.69, 9.17) is 0 Å². The summed E-state index contributed by atoms with van der Waals surface area (Å²) in [4.78, 5) is 4.43. The molecular weight excluding hydrogens is 170 g/mol. The molecule has 0 aromatic heterocycles. The van der Waals surface area contributed by atoms with Crippen LogP contribution in [0.1, 0.15) is 24.5 Å². The van der Waals surface area contributed by atoms with Crippen LogP contribution in [0.5, 0.6) is 0 Å². The average molecular weight is 185 g/mol. The van der Waals surface area contributed by atoms with Crippen molar-refractivity contribution in [3.8, 4) is 0 Å². The van der Waals surface area contributed by atoms with Crippen molar-refractivity contribution in [2.45, 2.75) is 20.3 Å². The molecule has 0 amide bonds. The molecule has 0 bridgehead atoms. The normalized spacial score (nSPS) is 20.7. The number of hydrogen-bond donors (Lipinski definition) is 0. The zero-order valence-corrected chi connectivity index (χ0v) is 8.70. The van der Waals surface area contributed by atoms with Crippen LogP contribution in [-0.4, -0.2) is 5.71 Å². The molecule has 0 fully saturated rings. The molecular formula is C13H15N. The number of allylic oxidation sites excluding steroid dienone is 1. The Kier molecular flexibility index (Phi) is 2.49. The van der Waals surface area contributed by atoms with E-state index in [-0.39, 0.29) is 0 Å². The van der Waals surface area contributed by atoms with E-state index in [1.54, 1.807) is 0 Å². The molecule has 1 aliphatic rings. The Morgan fingerprint density at radius 1 is 1.36 bits per heavy atom. The van der Waals surface area contributed by atoms with Gasteiger partial charge in [-0.2, -0.15) is 0 Å². The van der Waals surface area contributed by atoms with E-state index in [1.165, 1.54) is 16.8 Å². The fourth-order valence-electron chi connectivity index (χ4n) is 1.72. The minimum absolute atomic E-state index is 0.614. The monoisotopic (exact) mass is 185 g/mol. The Hall–Kier alpha value is -1.37. The maximum Gasteiger partial charge on any atom is 0.0481 e. The van der Waals surface area contributed by atoms with Crippen molar-refractivity contribution in [3.05, 3.63) is 47.7 Å². The first-order chi connectivity index (χ1) is 6.75. The molecule has 0 saturated heterocycles. The van der Waals surface area contributed by atoms with Crippen molar-refractivity contribution in [2.75, 3.05) is 0 Å². The molecule has 72 valence electrons. The highest BCUT2D eigenvalue weighted by Crippen LogP contribution is 2.17. The third-order valence-electron chi connectivity index (χ3n) is 2.51. The average Bonchev–Trinajstić information content (AvgIpc) is 2.18. The topological polar surface area (TPSA) is 12.4 Å². The predicted octanol–water partition coefficient (Wildman–Crippen LogP) is 3.34. The van der Waals surface area contributed by atoms with Crippen molar-refractivity contribution >= 4 is 5.71 Å². The van der Waals surface area contributed by atoms with Gasteiger partial charge in [0.05, 0.1) is 0 Å². The molecule has 0 saturated carbocycles. The molecule has 1 nitrogen and oxygen atoms in total. The summed E-state index contributed by atoms with van der Waals surface area (Å²) in [5.41, 5.74) is 3.78. The summed E-state index contributed by atoms with van der Waals surface area (Å²) < 4.78 is 0. The van der Waals surface area contributed by atoms with Crippen LogP contribution in [0.25, 0.3) is 0 Å². The number of benzene rings is 1. The number of aliphatic imine (C=N–C) groups is 1. The molecule has 14 heavy (non-hydrogen) atoms. The van der Waals surface area contributed by atoms with Crippen LogP contribution in [0.4, 0.5) is 0 Å². The van der Waals surface area contributed by atoms with Crippen LogP contribution in [0, 0.1) is 12.8 Å². The van der Waals surface area contributed by atoms with Gasteiger partial charge in [0.25, 0.3) is 0 Å². The quantitative estimate of drug-likeness (QED) is 0.636. The van der Waals surface area contributed by atoms with Crippen molar-refractivity contribution in [3.63, 3.8) is 0 Å². The van der Waals surface area contributed by atoms with Crippen LogP contribution in [0.3, 0.4) is 0 Å². The Bertz CT molecular complexity index is 388. The number of aryl methyl sites for hydroxylation is 1. The summed E-state index contributed by atoms with van der Waals surface area (Å²) in [5, 5.41) is 0. The molecule has 0 aliphatic carbocycles. The summed E-state index contributed by atoms with van der Waals surface area (Å²) >= 11 is 0. The van der Waals surface area contributed by atoms with Gasteiger partial charge in [0.2, 0.25) is 0 Å². The number of hydrogen-bond acceptors (Lipinski definition) is 1. The van der Waals surface area contributed by atoms with Gasteiger partial charge < -0.3 is 0 Å². The first-order valence-corrected chi connectivity index (χ1v) is 5.06. The summed E-state index contributed by atoms with van der Waals surface area (Å²) in [6, 6.07) is 8.55. The van der Waals surface area contributed by atoms with Crippen LogP contribution in [-0.2, 0) is 0 Å². The van der Waals surface area contributed by atoms with Gasteiger partial charge in [-0.05, 0) is 24.8 Å². The minimum Gasteiger partial charge on any atom is -0.261 e. The Labute approximate surface area is 85.2 Å². The van der Waals surface area contributed by atoms with Crippen LogP contribution < -0.4 is 0 Å². The maximum absolute atomic E-state index is 4.43. The highest BCUT2D eigenvalue weighted by atomic mass is 14.7. The Balaban J connectivity index is 2.31. The fourth-order valence-corrected chi connectivity index (χ4v) is 1.72. The number of nitrogens with zero attached hydrogens (tertiary/aromatic N) is 1. The molecule has 1 unspecified atom stereocenters. The van der Waals surface area contributed by atoms with Crippen molar-refractivity contribution in [1.29, 1.82) is 0 Å². The van der Waals surface area contributed by atoms with Crippen molar-refractivity contribution in [2.24, 2.45) is 10.9 Å². The zero-order valence-electron chi connectivity index (χ0n) is 8.70. The van der Waals surface area contributed by atoms with Crippen LogP contribution >= 0.6 is 0 Å². The lowest BCUT2D eigenvalue weighted by atomic mass is 9.96. The molecule has 0 spiro atoms. The van der Waals surface area contributed by atoms with E-state index >= 15 is 0 Å². The first kappa shape index (κ1) is 9.20. The lowest BCUT2D eigenvalue weighted by Crippen LogP contribution is -2.08. The standard InChI is InChI=1S/C13H15N/c1-10-4-3-5-12(8-10)13-9-11(2)6-7-14-13/h3-8,11H,9H2,1-2H3. The highest BCUT2D eigenvalue weighted by Gasteiger charge is 2.09. The summed E-state index contributed by atoms with van der Waals surface area (Å²) in [5.74, 6) is 0.614. The Morgan fingerprint density at radius 2 is 2.21 bits per heavy atom.